The average Bonchev–Trinajstić information content (AvgIpc) is 2.82. The highest BCUT2D eigenvalue weighted by Gasteiger charge is 2.76. The Labute approximate surface area is 235 Å². The van der Waals surface area contributed by atoms with Crippen molar-refractivity contribution < 1.29 is 85.9 Å². The van der Waals surface area contributed by atoms with Crippen LogP contribution in [-0.4, -0.2) is 83.5 Å². The van der Waals surface area contributed by atoms with E-state index >= 15 is 0 Å². The van der Waals surface area contributed by atoms with Crippen molar-refractivity contribution in [3.63, 3.8) is 0 Å². The minimum Gasteiger partial charge on any atom is -0.423 e. The number of carbonyl (C=O) groups is 1. The van der Waals surface area contributed by atoms with Crippen molar-refractivity contribution in [1.82, 2.24) is 0 Å². The molecule has 0 fully saturated rings. The van der Waals surface area contributed by atoms with E-state index in [0.717, 1.165) is 6.92 Å². The zero-order valence-electron chi connectivity index (χ0n) is 22.0. The van der Waals surface area contributed by atoms with Gasteiger partial charge in [-0.3, -0.25) is 0 Å². The van der Waals surface area contributed by atoms with Gasteiger partial charge < -0.3 is 28.4 Å². The summed E-state index contributed by atoms with van der Waals surface area (Å²) in [6.45, 7) is -2.05. The highest BCUT2D eigenvalue weighted by molar-refractivity contribution is 5.88. The predicted molar refractivity (Wildman–Crippen MR) is 119 cm³/mol. The maximum absolute atomic E-state index is 14.3. The van der Waals surface area contributed by atoms with E-state index < -0.39 is 96.8 Å². The summed E-state index contributed by atoms with van der Waals surface area (Å²) in [5.41, 5.74) is -16.3. The Morgan fingerprint density at radius 3 is 1.21 bits per heavy atom. The van der Waals surface area contributed by atoms with Crippen molar-refractivity contribution in [1.29, 1.82) is 0 Å². The van der Waals surface area contributed by atoms with Crippen LogP contribution in [0.2, 0.25) is 0 Å². The van der Waals surface area contributed by atoms with Crippen LogP contribution in [-0.2, 0) is 39.7 Å². The quantitative estimate of drug-likeness (QED) is 0.171. The summed E-state index contributed by atoms with van der Waals surface area (Å²) in [5.74, 6) is -3.17. The van der Waals surface area contributed by atoms with Crippen molar-refractivity contribution in [2.24, 2.45) is 0 Å². The first-order valence-electron chi connectivity index (χ1n) is 11.9. The third-order valence-electron chi connectivity index (χ3n) is 5.71. The third-order valence-corrected chi connectivity index (χ3v) is 5.71. The maximum atomic E-state index is 14.3. The lowest BCUT2D eigenvalue weighted by Gasteiger charge is -2.40. The molecule has 43 heavy (non-hydrogen) atoms. The fraction of sp³-hybridized carbons (Fsp3) is 0.625. The smallest absolute Gasteiger partial charge is 0.423 e. The largest absolute Gasteiger partial charge is 0.430 e. The molecule has 1 aromatic rings. The van der Waals surface area contributed by atoms with Gasteiger partial charge in [-0.25, -0.2) is 4.79 Å². The average molecular weight is 652 g/mol. The van der Waals surface area contributed by atoms with Crippen LogP contribution in [0.15, 0.2) is 30.4 Å². The van der Waals surface area contributed by atoms with Crippen LogP contribution in [0.25, 0.3) is 0 Å². The van der Waals surface area contributed by atoms with Gasteiger partial charge in [-0.15, -0.1) is 0 Å². The van der Waals surface area contributed by atoms with Gasteiger partial charge in [0.1, 0.15) is 5.75 Å². The molecule has 0 N–H and O–H groups in total. The van der Waals surface area contributed by atoms with Gasteiger partial charge in [-0.05, 0) is 25.1 Å². The maximum Gasteiger partial charge on any atom is 0.430 e. The summed E-state index contributed by atoms with van der Waals surface area (Å²) in [6, 6.07) is -1.11. The summed E-state index contributed by atoms with van der Waals surface area (Å²) in [5, 5.41) is 0. The van der Waals surface area contributed by atoms with Crippen molar-refractivity contribution in [2.45, 2.75) is 42.8 Å². The van der Waals surface area contributed by atoms with Gasteiger partial charge in [0, 0.05) is 16.7 Å². The van der Waals surface area contributed by atoms with E-state index in [2.05, 4.69) is 20.8 Å². The lowest BCUT2D eigenvalue weighted by molar-refractivity contribution is -0.392. The van der Waals surface area contributed by atoms with Gasteiger partial charge in [0.05, 0.1) is 52.9 Å². The molecule has 0 unspecified atom stereocenters. The van der Waals surface area contributed by atoms with Gasteiger partial charge in [0.15, 0.2) is 0 Å². The van der Waals surface area contributed by atoms with Crippen LogP contribution in [0.3, 0.4) is 0 Å². The number of hydrogen-bond donors (Lipinski definition) is 0. The normalized spacial score (nSPS) is 20.0. The molecule has 2 rings (SSSR count). The molecule has 1 heterocycles. The Hall–Kier alpha value is -2.61. The molecule has 0 aromatic heterocycles. The summed E-state index contributed by atoms with van der Waals surface area (Å²) in [4.78, 5) is 12.0. The van der Waals surface area contributed by atoms with E-state index in [9.17, 15) is 57.5 Å². The van der Waals surface area contributed by atoms with E-state index in [-0.39, 0.29) is 38.6 Å². The highest BCUT2D eigenvalue weighted by Crippen LogP contribution is 2.57. The lowest BCUT2D eigenvalue weighted by Crippen LogP contribution is -2.58. The van der Waals surface area contributed by atoms with E-state index in [0.29, 0.717) is 0 Å². The minimum absolute atomic E-state index is 0.223. The number of alkyl halides is 12. The molecule has 0 saturated carbocycles. The van der Waals surface area contributed by atoms with Gasteiger partial charge >= 0.3 is 30.7 Å². The molecule has 1 aliphatic rings. The zero-order valence-corrected chi connectivity index (χ0v) is 22.0. The Morgan fingerprint density at radius 1 is 0.628 bits per heavy atom. The SMILES string of the molecule is C=C(C)C(=O)Oc1cc2cc(c1)C(C(F)(F)F)(C(F)(F)F)OCCOCCOCCOCCOC2(C(F)(F)F)C(F)(F)F. The van der Waals surface area contributed by atoms with Gasteiger partial charge in [0.2, 0.25) is 0 Å². The number of rotatable bonds is 2. The molecule has 1 aromatic carbocycles. The zero-order chi connectivity index (χ0) is 32.9. The number of ether oxygens (including phenoxy) is 6. The van der Waals surface area contributed by atoms with Crippen LogP contribution in [0.5, 0.6) is 5.75 Å². The van der Waals surface area contributed by atoms with Crippen LogP contribution in [0, 0.1) is 0 Å². The molecular formula is C24H24F12O7. The summed E-state index contributed by atoms with van der Waals surface area (Å²) < 4.78 is 200. The van der Waals surface area contributed by atoms with E-state index in [1.165, 1.54) is 0 Å². The predicted octanol–water partition coefficient (Wildman–Crippen LogP) is 5.90. The highest BCUT2D eigenvalue weighted by atomic mass is 19.4. The first-order chi connectivity index (χ1) is 19.6. The van der Waals surface area contributed by atoms with Gasteiger partial charge in [-0.2, -0.15) is 52.7 Å². The second kappa shape index (κ2) is 13.6. The number of hydrogen-bond acceptors (Lipinski definition) is 7. The molecule has 0 amide bonds. The molecule has 7 nitrogen and oxygen atoms in total. The summed E-state index contributed by atoms with van der Waals surface area (Å²) in [6.07, 6.45) is -26.2. The van der Waals surface area contributed by atoms with Crippen LogP contribution >= 0.6 is 0 Å². The number of benzene rings is 1. The fourth-order valence-electron chi connectivity index (χ4n) is 3.78. The number of halogens is 12. The number of carbonyl (C=O) groups excluding carboxylic acids is 1. The first kappa shape index (κ1) is 36.6. The van der Waals surface area contributed by atoms with Crippen molar-refractivity contribution >= 4 is 5.97 Å². The van der Waals surface area contributed by atoms with Gasteiger partial charge in [0.25, 0.3) is 11.2 Å². The number of fused-ring (bicyclic) bond motifs is 2. The Balaban J connectivity index is 3.03. The molecule has 0 atom stereocenters. The van der Waals surface area contributed by atoms with Crippen molar-refractivity contribution in [3.8, 4) is 5.75 Å². The molecule has 19 heteroatoms. The molecule has 2 bridgehead atoms. The second-order valence-electron chi connectivity index (χ2n) is 8.80. The molecule has 0 radical (unpaired) electrons. The molecule has 0 saturated heterocycles. The monoisotopic (exact) mass is 652 g/mol. The molecule has 246 valence electrons. The van der Waals surface area contributed by atoms with E-state index in [1.807, 2.05) is 0 Å². The van der Waals surface area contributed by atoms with Crippen molar-refractivity contribution in [2.75, 3.05) is 52.9 Å². The molecule has 0 spiro atoms. The van der Waals surface area contributed by atoms with Crippen LogP contribution in [0.1, 0.15) is 18.1 Å². The first-order valence-corrected chi connectivity index (χ1v) is 11.9. The summed E-state index contributed by atoms with van der Waals surface area (Å²) >= 11 is 0. The van der Waals surface area contributed by atoms with Crippen molar-refractivity contribution in [3.05, 3.63) is 41.5 Å². The van der Waals surface area contributed by atoms with E-state index in [1.54, 1.807) is 0 Å². The van der Waals surface area contributed by atoms with E-state index in [4.69, 9.17) is 14.2 Å². The minimum atomic E-state index is -6.56. The molecular weight excluding hydrogens is 628 g/mol. The Morgan fingerprint density at radius 2 is 0.930 bits per heavy atom. The Kier molecular flexibility index (Phi) is 11.6. The molecule has 0 aliphatic carbocycles. The summed E-state index contributed by atoms with van der Waals surface area (Å²) in [7, 11) is 0. The molecule has 1 aliphatic heterocycles. The fourth-order valence-corrected chi connectivity index (χ4v) is 3.78. The topological polar surface area (TPSA) is 72.5 Å². The van der Waals surface area contributed by atoms with Crippen LogP contribution < -0.4 is 4.74 Å². The van der Waals surface area contributed by atoms with Gasteiger partial charge in [-0.1, -0.05) is 6.58 Å². The third kappa shape index (κ3) is 7.92. The standard InChI is InChI=1S/C24H24F12O7/c1-14(2)18(37)43-17-12-15-11-16(13-17)20(23(31,32)33,24(34,35)36)42-10-8-40-6-4-38-3-5-39-7-9-41-19(15,21(25,26)27)22(28,29)30/h11-13H,1,3-10H2,2H3. The van der Waals surface area contributed by atoms with Crippen LogP contribution in [0.4, 0.5) is 52.7 Å². The second-order valence-corrected chi connectivity index (χ2v) is 8.80. The lowest BCUT2D eigenvalue weighted by atomic mass is 9.84. The Bertz CT molecular complexity index is 1010. The number of esters is 1.